The van der Waals surface area contributed by atoms with E-state index in [9.17, 15) is 9.59 Å². The van der Waals surface area contributed by atoms with Gasteiger partial charge in [0.25, 0.3) is 0 Å². The van der Waals surface area contributed by atoms with Crippen LogP contribution in [0.1, 0.15) is 38.5 Å². The number of urea groups is 1. The Labute approximate surface area is 142 Å². The van der Waals surface area contributed by atoms with E-state index in [4.69, 9.17) is 10.8 Å². The van der Waals surface area contributed by atoms with Crippen LogP contribution in [0.25, 0.3) is 0 Å². The van der Waals surface area contributed by atoms with Crippen LogP contribution in [0.5, 0.6) is 0 Å². The Morgan fingerprint density at radius 3 is 2.46 bits per heavy atom. The van der Waals surface area contributed by atoms with Gasteiger partial charge in [-0.2, -0.15) is 0 Å². The van der Waals surface area contributed by atoms with Crippen molar-refractivity contribution in [2.45, 2.75) is 56.7 Å². The van der Waals surface area contributed by atoms with Crippen LogP contribution < -0.4 is 10.6 Å². The van der Waals surface area contributed by atoms with E-state index < -0.39 is 5.97 Å². The van der Waals surface area contributed by atoms with Crippen molar-refractivity contribution in [1.29, 1.82) is 0 Å². The number of aliphatic carboxylic acids is 1. The van der Waals surface area contributed by atoms with Gasteiger partial charge in [-0.3, -0.25) is 9.69 Å². The summed E-state index contributed by atoms with van der Waals surface area (Å²) < 4.78 is 0. The van der Waals surface area contributed by atoms with Crippen LogP contribution in [0.2, 0.25) is 0 Å². The summed E-state index contributed by atoms with van der Waals surface area (Å²) in [5, 5.41) is 9.01. The fourth-order valence-electron chi connectivity index (χ4n) is 3.82. The molecule has 2 aliphatic rings. The third-order valence-electron chi connectivity index (χ3n) is 5.13. The summed E-state index contributed by atoms with van der Waals surface area (Å²) in [6, 6.07) is 9.90. The summed E-state index contributed by atoms with van der Waals surface area (Å²) >= 11 is 0. The molecule has 1 aromatic rings. The Balaban J connectivity index is 1.78. The van der Waals surface area contributed by atoms with Gasteiger partial charge in [0, 0.05) is 30.7 Å². The lowest BCUT2D eigenvalue weighted by Crippen LogP contribution is -2.43. The number of para-hydroxylation sites is 1. The van der Waals surface area contributed by atoms with E-state index in [1.165, 1.54) is 0 Å². The molecule has 1 unspecified atom stereocenters. The first-order chi connectivity index (χ1) is 11.6. The number of carboxylic acid groups (broad SMARTS) is 1. The van der Waals surface area contributed by atoms with E-state index in [1.54, 1.807) is 4.90 Å². The summed E-state index contributed by atoms with van der Waals surface area (Å²) in [7, 11) is 0. The molecule has 1 aliphatic heterocycles. The van der Waals surface area contributed by atoms with Gasteiger partial charge in [0.1, 0.15) is 0 Å². The largest absolute Gasteiger partial charge is 0.481 e. The molecule has 1 aromatic carbocycles. The van der Waals surface area contributed by atoms with Crippen LogP contribution in [0.4, 0.5) is 10.5 Å². The molecular weight excluding hydrogens is 306 g/mol. The second-order valence-corrected chi connectivity index (χ2v) is 6.80. The Morgan fingerprint density at radius 1 is 1.17 bits per heavy atom. The lowest BCUT2D eigenvalue weighted by atomic mass is 9.91. The highest BCUT2D eigenvalue weighted by Crippen LogP contribution is 2.32. The minimum absolute atomic E-state index is 0.00272. The maximum absolute atomic E-state index is 13.0. The zero-order valence-electron chi connectivity index (χ0n) is 13.8. The van der Waals surface area contributed by atoms with Crippen LogP contribution in [0.15, 0.2) is 30.3 Å². The summed E-state index contributed by atoms with van der Waals surface area (Å²) in [4.78, 5) is 27.7. The normalized spacial score (nSPS) is 27.5. The molecule has 3 rings (SSSR count). The van der Waals surface area contributed by atoms with Crippen molar-refractivity contribution < 1.29 is 14.7 Å². The monoisotopic (exact) mass is 331 g/mol. The van der Waals surface area contributed by atoms with Gasteiger partial charge in [-0.1, -0.05) is 18.2 Å². The summed E-state index contributed by atoms with van der Waals surface area (Å²) in [5.74, 6) is -0.822. The van der Waals surface area contributed by atoms with E-state index in [1.807, 2.05) is 35.2 Å². The van der Waals surface area contributed by atoms with Gasteiger partial charge < -0.3 is 15.7 Å². The van der Waals surface area contributed by atoms with E-state index in [2.05, 4.69) is 0 Å². The number of rotatable bonds is 5. The molecular formula is C18H25N3O3. The molecule has 0 bridgehead atoms. The minimum Gasteiger partial charge on any atom is -0.481 e. The van der Waals surface area contributed by atoms with E-state index >= 15 is 0 Å². The van der Waals surface area contributed by atoms with Crippen molar-refractivity contribution >= 4 is 17.7 Å². The second-order valence-electron chi connectivity index (χ2n) is 6.80. The molecule has 0 spiro atoms. The van der Waals surface area contributed by atoms with Gasteiger partial charge in [-0.15, -0.1) is 0 Å². The predicted octanol–water partition coefficient (Wildman–Crippen LogP) is 2.43. The van der Waals surface area contributed by atoms with Crippen molar-refractivity contribution in [3.8, 4) is 0 Å². The highest BCUT2D eigenvalue weighted by atomic mass is 16.4. The third-order valence-corrected chi connectivity index (χ3v) is 5.13. The molecule has 1 saturated carbocycles. The Bertz CT molecular complexity index is 584. The number of anilines is 1. The van der Waals surface area contributed by atoms with Gasteiger partial charge in [-0.25, -0.2) is 4.79 Å². The van der Waals surface area contributed by atoms with Crippen LogP contribution in [-0.2, 0) is 4.79 Å². The van der Waals surface area contributed by atoms with E-state index in [-0.39, 0.29) is 30.6 Å². The fourth-order valence-corrected chi connectivity index (χ4v) is 3.82. The molecule has 6 heteroatoms. The summed E-state index contributed by atoms with van der Waals surface area (Å²) in [5.41, 5.74) is 6.82. The van der Waals surface area contributed by atoms with Crippen molar-refractivity contribution in [1.82, 2.24) is 4.90 Å². The Kier molecular flexibility index (Phi) is 5.04. The number of nitrogens with zero attached hydrogens (tertiary/aromatic N) is 2. The lowest BCUT2D eigenvalue weighted by molar-refractivity contribution is -0.137. The average Bonchev–Trinajstić information content (AvgIpc) is 2.91. The molecule has 24 heavy (non-hydrogen) atoms. The zero-order chi connectivity index (χ0) is 17.1. The molecule has 1 heterocycles. The number of benzene rings is 1. The van der Waals surface area contributed by atoms with Crippen LogP contribution in [0, 0.1) is 0 Å². The molecule has 130 valence electrons. The maximum Gasteiger partial charge on any atom is 0.325 e. The van der Waals surface area contributed by atoms with Crippen molar-refractivity contribution in [3.63, 3.8) is 0 Å². The average molecular weight is 331 g/mol. The van der Waals surface area contributed by atoms with E-state index in [0.717, 1.165) is 31.4 Å². The molecule has 6 nitrogen and oxygen atoms in total. The van der Waals surface area contributed by atoms with Crippen molar-refractivity contribution in [3.05, 3.63) is 30.3 Å². The molecule has 3 N–H and O–H groups in total. The number of carbonyl (C=O) groups is 2. The van der Waals surface area contributed by atoms with Crippen LogP contribution >= 0.6 is 0 Å². The van der Waals surface area contributed by atoms with Gasteiger partial charge in [0.05, 0.1) is 6.04 Å². The van der Waals surface area contributed by atoms with Gasteiger partial charge >= 0.3 is 12.0 Å². The second kappa shape index (κ2) is 7.21. The molecule has 0 radical (unpaired) electrons. The molecule has 2 amide bonds. The first-order valence-corrected chi connectivity index (χ1v) is 8.68. The van der Waals surface area contributed by atoms with E-state index in [0.29, 0.717) is 13.0 Å². The number of hydrogen-bond acceptors (Lipinski definition) is 3. The number of nitrogens with two attached hydrogens (primary N) is 1. The predicted molar refractivity (Wildman–Crippen MR) is 91.9 cm³/mol. The summed E-state index contributed by atoms with van der Waals surface area (Å²) in [6.45, 7) is 0.598. The molecule has 1 saturated heterocycles. The molecule has 1 atom stereocenters. The SMILES string of the molecule is NC1CCC(N2CC(CCC(=O)O)N(c3ccccc3)C2=O)CC1. The van der Waals surface area contributed by atoms with Crippen LogP contribution in [-0.4, -0.2) is 46.7 Å². The minimum atomic E-state index is -0.822. The quantitative estimate of drug-likeness (QED) is 0.867. The smallest absolute Gasteiger partial charge is 0.325 e. The van der Waals surface area contributed by atoms with Crippen molar-refractivity contribution in [2.24, 2.45) is 5.73 Å². The molecule has 2 fully saturated rings. The highest BCUT2D eigenvalue weighted by Gasteiger charge is 2.41. The maximum atomic E-state index is 13.0. The lowest BCUT2D eigenvalue weighted by Gasteiger charge is -2.33. The number of carbonyl (C=O) groups excluding carboxylic acids is 1. The molecule has 0 aromatic heterocycles. The topological polar surface area (TPSA) is 86.9 Å². The number of hydrogen-bond donors (Lipinski definition) is 2. The van der Waals surface area contributed by atoms with Gasteiger partial charge in [0.15, 0.2) is 0 Å². The van der Waals surface area contributed by atoms with Gasteiger partial charge in [-0.05, 0) is 44.2 Å². The Morgan fingerprint density at radius 2 is 1.83 bits per heavy atom. The Hall–Kier alpha value is -2.08. The fraction of sp³-hybridized carbons (Fsp3) is 0.556. The standard InChI is InChI=1S/C18H25N3O3/c19-13-6-8-14(9-7-13)20-12-16(10-11-17(22)23)21(18(20)24)15-4-2-1-3-5-15/h1-5,13-14,16H,6-12,19H2,(H,22,23). The first-order valence-electron chi connectivity index (χ1n) is 8.68. The highest BCUT2D eigenvalue weighted by molar-refractivity contribution is 5.95. The summed E-state index contributed by atoms with van der Waals surface area (Å²) in [6.07, 6.45) is 4.30. The molecule has 1 aliphatic carbocycles. The third kappa shape index (κ3) is 3.53. The van der Waals surface area contributed by atoms with Crippen molar-refractivity contribution in [2.75, 3.05) is 11.4 Å². The van der Waals surface area contributed by atoms with Crippen LogP contribution in [0.3, 0.4) is 0 Å². The zero-order valence-corrected chi connectivity index (χ0v) is 13.8. The number of amides is 2. The first kappa shape index (κ1) is 16.8. The number of carboxylic acids is 1. The van der Waals surface area contributed by atoms with Gasteiger partial charge in [0.2, 0.25) is 0 Å².